The second kappa shape index (κ2) is 10.0. The summed E-state index contributed by atoms with van der Waals surface area (Å²) in [6, 6.07) is 0. The Kier molecular flexibility index (Phi) is 9.30. The highest BCUT2D eigenvalue weighted by Crippen LogP contribution is 2.16. The number of rotatable bonds is 2. The lowest BCUT2D eigenvalue weighted by molar-refractivity contribution is 0.712. The SMILES string of the molecule is C=CC1=CCCCC1.CC=CC=CC. The highest BCUT2D eigenvalue weighted by Gasteiger charge is 1.97. The fourth-order valence-electron chi connectivity index (χ4n) is 1.27. The van der Waals surface area contributed by atoms with Gasteiger partial charge in [-0.2, -0.15) is 0 Å². The van der Waals surface area contributed by atoms with Gasteiger partial charge in [-0.25, -0.2) is 0 Å². The van der Waals surface area contributed by atoms with Gasteiger partial charge in [-0.15, -0.1) is 0 Å². The molecule has 0 aromatic carbocycles. The monoisotopic (exact) mass is 190 g/mol. The maximum atomic E-state index is 3.72. The van der Waals surface area contributed by atoms with Crippen LogP contribution in [0.4, 0.5) is 0 Å². The molecule has 0 nitrogen and oxygen atoms in total. The molecule has 0 aromatic rings. The summed E-state index contributed by atoms with van der Waals surface area (Å²) in [5.41, 5.74) is 1.44. The Morgan fingerprint density at radius 1 is 1.14 bits per heavy atom. The summed E-state index contributed by atoms with van der Waals surface area (Å²) < 4.78 is 0. The van der Waals surface area contributed by atoms with Gasteiger partial charge in [0.2, 0.25) is 0 Å². The van der Waals surface area contributed by atoms with Crippen LogP contribution >= 0.6 is 0 Å². The van der Waals surface area contributed by atoms with Crippen molar-refractivity contribution in [1.82, 2.24) is 0 Å². The van der Waals surface area contributed by atoms with E-state index >= 15 is 0 Å². The third-order valence-corrected chi connectivity index (χ3v) is 2.08. The maximum Gasteiger partial charge on any atom is -0.0282 e. The minimum Gasteiger partial charge on any atom is -0.0988 e. The summed E-state index contributed by atoms with van der Waals surface area (Å²) in [6.45, 7) is 7.72. The minimum absolute atomic E-state index is 1.25. The van der Waals surface area contributed by atoms with Gasteiger partial charge in [-0.1, -0.05) is 48.6 Å². The first-order valence-electron chi connectivity index (χ1n) is 5.40. The van der Waals surface area contributed by atoms with Crippen LogP contribution in [0.2, 0.25) is 0 Å². The molecule has 0 spiro atoms. The van der Waals surface area contributed by atoms with Crippen LogP contribution in [-0.2, 0) is 0 Å². The summed E-state index contributed by atoms with van der Waals surface area (Å²) in [5, 5.41) is 0. The van der Waals surface area contributed by atoms with Gasteiger partial charge in [0, 0.05) is 0 Å². The average Bonchev–Trinajstić information content (AvgIpc) is 2.28. The highest BCUT2D eigenvalue weighted by atomic mass is 14.0. The van der Waals surface area contributed by atoms with Crippen LogP contribution in [0.15, 0.2) is 48.6 Å². The molecule has 0 bridgehead atoms. The molecule has 14 heavy (non-hydrogen) atoms. The summed E-state index contributed by atoms with van der Waals surface area (Å²) in [4.78, 5) is 0. The lowest BCUT2D eigenvalue weighted by Crippen LogP contribution is -1.86. The van der Waals surface area contributed by atoms with Gasteiger partial charge in [0.1, 0.15) is 0 Å². The molecule has 0 aromatic heterocycles. The molecule has 0 amide bonds. The molecular weight excluding hydrogens is 168 g/mol. The fraction of sp³-hybridized carbons (Fsp3) is 0.429. The summed E-state index contributed by atoms with van der Waals surface area (Å²) in [5.74, 6) is 0. The van der Waals surface area contributed by atoms with E-state index in [0.717, 1.165) is 0 Å². The topological polar surface area (TPSA) is 0 Å². The van der Waals surface area contributed by atoms with Crippen molar-refractivity contribution < 1.29 is 0 Å². The molecular formula is C14H22. The van der Waals surface area contributed by atoms with Crippen LogP contribution in [0.25, 0.3) is 0 Å². The van der Waals surface area contributed by atoms with Crippen LogP contribution in [0, 0.1) is 0 Å². The van der Waals surface area contributed by atoms with E-state index in [9.17, 15) is 0 Å². The van der Waals surface area contributed by atoms with Gasteiger partial charge in [0.05, 0.1) is 0 Å². The second-order valence-corrected chi connectivity index (χ2v) is 3.28. The summed E-state index contributed by atoms with van der Waals surface area (Å²) in [7, 11) is 0. The van der Waals surface area contributed by atoms with Crippen LogP contribution in [0.3, 0.4) is 0 Å². The number of allylic oxidation sites excluding steroid dienone is 7. The lowest BCUT2D eigenvalue weighted by atomic mass is 10.0. The van der Waals surface area contributed by atoms with Gasteiger partial charge in [0.15, 0.2) is 0 Å². The average molecular weight is 190 g/mol. The van der Waals surface area contributed by atoms with E-state index < -0.39 is 0 Å². The molecule has 1 rings (SSSR count). The first kappa shape index (κ1) is 13.0. The Labute approximate surface area is 88.7 Å². The molecule has 0 atom stereocenters. The summed E-state index contributed by atoms with van der Waals surface area (Å²) in [6.07, 6.45) is 17.5. The molecule has 78 valence electrons. The largest absolute Gasteiger partial charge is 0.0988 e. The van der Waals surface area contributed by atoms with Crippen molar-refractivity contribution in [3.63, 3.8) is 0 Å². The van der Waals surface area contributed by atoms with E-state index in [1.165, 1.54) is 31.3 Å². The Bertz CT molecular complexity index is 206. The predicted octanol–water partition coefficient (Wildman–Crippen LogP) is 4.81. The maximum absolute atomic E-state index is 3.72. The third-order valence-electron chi connectivity index (χ3n) is 2.08. The minimum atomic E-state index is 1.25. The first-order chi connectivity index (χ1) is 6.85. The van der Waals surface area contributed by atoms with E-state index in [0.29, 0.717) is 0 Å². The van der Waals surface area contributed by atoms with Gasteiger partial charge in [-0.05, 0) is 39.5 Å². The molecule has 0 heteroatoms. The van der Waals surface area contributed by atoms with Crippen LogP contribution < -0.4 is 0 Å². The smallest absolute Gasteiger partial charge is 0.0282 e. The van der Waals surface area contributed by atoms with E-state index in [-0.39, 0.29) is 0 Å². The van der Waals surface area contributed by atoms with Gasteiger partial charge in [0.25, 0.3) is 0 Å². The zero-order valence-electron chi connectivity index (χ0n) is 9.50. The van der Waals surface area contributed by atoms with E-state index in [4.69, 9.17) is 0 Å². The molecule has 0 aliphatic heterocycles. The molecule has 0 radical (unpaired) electrons. The standard InChI is InChI=1S/C8H12.C6H10/c1-2-8-6-4-3-5-7-8;1-3-5-6-4-2/h2,6H,1,3-5,7H2;3-6H,1-2H3. The highest BCUT2D eigenvalue weighted by molar-refractivity contribution is 5.17. The normalized spacial score (nSPS) is 16.3. The van der Waals surface area contributed by atoms with Crippen LogP contribution in [-0.4, -0.2) is 0 Å². The molecule has 0 unspecified atom stereocenters. The molecule has 0 fully saturated rings. The van der Waals surface area contributed by atoms with Crippen molar-refractivity contribution in [3.8, 4) is 0 Å². The molecule has 0 saturated heterocycles. The van der Waals surface area contributed by atoms with Crippen molar-refractivity contribution >= 4 is 0 Å². The third kappa shape index (κ3) is 7.60. The van der Waals surface area contributed by atoms with E-state index in [1.54, 1.807) is 0 Å². The number of hydrogen-bond acceptors (Lipinski definition) is 0. The van der Waals surface area contributed by atoms with Gasteiger partial charge in [-0.3, -0.25) is 0 Å². The molecule has 1 aliphatic carbocycles. The Morgan fingerprint density at radius 3 is 2.07 bits per heavy atom. The van der Waals surface area contributed by atoms with Crippen LogP contribution in [0.5, 0.6) is 0 Å². The molecule has 0 N–H and O–H groups in total. The lowest BCUT2D eigenvalue weighted by Gasteiger charge is -2.06. The zero-order valence-corrected chi connectivity index (χ0v) is 9.50. The molecule has 0 saturated carbocycles. The molecule has 1 aliphatic rings. The quantitative estimate of drug-likeness (QED) is 0.548. The van der Waals surface area contributed by atoms with E-state index in [2.05, 4.69) is 12.7 Å². The Morgan fingerprint density at radius 2 is 1.79 bits per heavy atom. The fourth-order valence-corrected chi connectivity index (χ4v) is 1.27. The zero-order chi connectivity index (χ0) is 10.6. The van der Waals surface area contributed by atoms with Crippen molar-refractivity contribution in [3.05, 3.63) is 48.6 Å². The van der Waals surface area contributed by atoms with Crippen LogP contribution in [0.1, 0.15) is 39.5 Å². The Balaban J connectivity index is 0.000000255. The van der Waals surface area contributed by atoms with Crippen molar-refractivity contribution in [2.45, 2.75) is 39.5 Å². The van der Waals surface area contributed by atoms with E-state index in [1.807, 2.05) is 44.2 Å². The summed E-state index contributed by atoms with van der Waals surface area (Å²) >= 11 is 0. The molecule has 0 heterocycles. The first-order valence-corrected chi connectivity index (χ1v) is 5.40. The van der Waals surface area contributed by atoms with Crippen molar-refractivity contribution in [2.24, 2.45) is 0 Å². The van der Waals surface area contributed by atoms with Gasteiger partial charge >= 0.3 is 0 Å². The van der Waals surface area contributed by atoms with Gasteiger partial charge < -0.3 is 0 Å². The van der Waals surface area contributed by atoms with Crippen molar-refractivity contribution in [2.75, 3.05) is 0 Å². The Hall–Kier alpha value is -1.04. The van der Waals surface area contributed by atoms with Crippen molar-refractivity contribution in [1.29, 1.82) is 0 Å². The second-order valence-electron chi connectivity index (χ2n) is 3.28. The predicted molar refractivity (Wildman–Crippen MR) is 66.4 cm³/mol. The number of hydrogen-bond donors (Lipinski definition) is 0.